The molecule has 18 heavy (non-hydrogen) atoms. The number of allylic oxidation sites excluding steroid dienone is 2. The number of aliphatic carboxylic acids is 1. The molecule has 4 atom stereocenters. The van der Waals surface area contributed by atoms with E-state index in [0.29, 0.717) is 5.92 Å². The lowest BCUT2D eigenvalue weighted by Crippen LogP contribution is -2.25. The average molecular weight is 244 g/mol. The third-order valence-electron chi connectivity index (χ3n) is 4.22. The molecule has 0 heterocycles. The standard InChI is InChI=1S/C15H16O3/c1-18-12-4-2-3-9(8-12)13-10-5-6-11(7-10)14(13)15(16)17/h2-6,8,10-11,13-14H,7H2,1H3,(H,16,17). The fourth-order valence-electron chi connectivity index (χ4n) is 3.46. The van der Waals surface area contributed by atoms with Gasteiger partial charge < -0.3 is 9.84 Å². The fraction of sp³-hybridized carbons (Fsp3) is 0.400. The van der Waals surface area contributed by atoms with Crippen LogP contribution < -0.4 is 4.74 Å². The molecule has 3 nitrogen and oxygen atoms in total. The second-order valence-electron chi connectivity index (χ2n) is 5.11. The van der Waals surface area contributed by atoms with E-state index in [-0.39, 0.29) is 17.8 Å². The van der Waals surface area contributed by atoms with Crippen molar-refractivity contribution in [1.29, 1.82) is 0 Å². The van der Waals surface area contributed by atoms with Crippen molar-refractivity contribution in [3.63, 3.8) is 0 Å². The van der Waals surface area contributed by atoms with E-state index in [2.05, 4.69) is 12.2 Å². The van der Waals surface area contributed by atoms with E-state index >= 15 is 0 Å². The Labute approximate surface area is 106 Å². The summed E-state index contributed by atoms with van der Waals surface area (Å²) in [6.45, 7) is 0. The molecular weight excluding hydrogens is 228 g/mol. The van der Waals surface area contributed by atoms with E-state index in [1.54, 1.807) is 7.11 Å². The third kappa shape index (κ3) is 1.62. The SMILES string of the molecule is COc1cccc(C2C3C=CC(C3)C2C(=O)O)c1. The van der Waals surface area contributed by atoms with E-state index < -0.39 is 5.97 Å². The van der Waals surface area contributed by atoms with Crippen molar-refractivity contribution in [2.24, 2.45) is 17.8 Å². The molecule has 0 aromatic heterocycles. The Morgan fingerprint density at radius 2 is 2.11 bits per heavy atom. The van der Waals surface area contributed by atoms with Crippen LogP contribution in [0.25, 0.3) is 0 Å². The Hall–Kier alpha value is -1.77. The third-order valence-corrected chi connectivity index (χ3v) is 4.22. The number of carboxylic acids is 1. The zero-order valence-electron chi connectivity index (χ0n) is 10.2. The lowest BCUT2D eigenvalue weighted by molar-refractivity contribution is -0.143. The van der Waals surface area contributed by atoms with Crippen LogP contribution in [0, 0.1) is 17.8 Å². The van der Waals surface area contributed by atoms with Gasteiger partial charge in [0.1, 0.15) is 5.75 Å². The second-order valence-corrected chi connectivity index (χ2v) is 5.11. The molecule has 1 fully saturated rings. The van der Waals surface area contributed by atoms with Gasteiger partial charge in [0.2, 0.25) is 0 Å². The highest BCUT2D eigenvalue weighted by Crippen LogP contribution is 2.53. The highest BCUT2D eigenvalue weighted by atomic mass is 16.5. The van der Waals surface area contributed by atoms with Crippen molar-refractivity contribution in [3.8, 4) is 5.75 Å². The van der Waals surface area contributed by atoms with Gasteiger partial charge in [-0.15, -0.1) is 0 Å². The summed E-state index contributed by atoms with van der Waals surface area (Å²) in [7, 11) is 1.63. The Kier molecular flexibility index (Phi) is 2.62. The van der Waals surface area contributed by atoms with Gasteiger partial charge in [-0.1, -0.05) is 24.3 Å². The Balaban J connectivity index is 1.99. The summed E-state index contributed by atoms with van der Waals surface area (Å²) in [6, 6.07) is 7.80. The average Bonchev–Trinajstić information content (AvgIpc) is 2.98. The molecule has 0 saturated heterocycles. The molecule has 0 spiro atoms. The van der Waals surface area contributed by atoms with E-state index in [1.807, 2.05) is 24.3 Å². The molecule has 2 aliphatic rings. The smallest absolute Gasteiger partial charge is 0.307 e. The molecule has 1 aromatic rings. The highest BCUT2D eigenvalue weighted by Gasteiger charge is 2.48. The topological polar surface area (TPSA) is 46.5 Å². The van der Waals surface area contributed by atoms with Crippen molar-refractivity contribution in [1.82, 2.24) is 0 Å². The minimum absolute atomic E-state index is 0.0904. The molecule has 1 N–H and O–H groups in total. The molecule has 94 valence electrons. The highest BCUT2D eigenvalue weighted by molar-refractivity contribution is 5.73. The van der Waals surface area contributed by atoms with Crippen LogP contribution in [0.1, 0.15) is 17.9 Å². The van der Waals surface area contributed by atoms with E-state index in [0.717, 1.165) is 17.7 Å². The Bertz CT molecular complexity index is 506. The number of carboxylic acid groups (broad SMARTS) is 1. The van der Waals surface area contributed by atoms with Crippen LogP contribution in [-0.4, -0.2) is 18.2 Å². The summed E-state index contributed by atoms with van der Waals surface area (Å²) in [4.78, 5) is 11.5. The van der Waals surface area contributed by atoms with Crippen molar-refractivity contribution in [2.45, 2.75) is 12.3 Å². The largest absolute Gasteiger partial charge is 0.497 e. The molecule has 1 aromatic carbocycles. The van der Waals surface area contributed by atoms with Crippen LogP contribution in [-0.2, 0) is 4.79 Å². The quantitative estimate of drug-likeness (QED) is 0.831. The van der Waals surface area contributed by atoms with Crippen molar-refractivity contribution in [2.75, 3.05) is 7.11 Å². The van der Waals surface area contributed by atoms with Crippen LogP contribution in [0.15, 0.2) is 36.4 Å². The monoisotopic (exact) mass is 244 g/mol. The molecule has 1 saturated carbocycles. The van der Waals surface area contributed by atoms with Crippen LogP contribution in [0.3, 0.4) is 0 Å². The number of hydrogen-bond donors (Lipinski definition) is 1. The molecule has 0 amide bonds. The fourth-order valence-corrected chi connectivity index (χ4v) is 3.46. The van der Waals surface area contributed by atoms with Gasteiger partial charge >= 0.3 is 5.97 Å². The van der Waals surface area contributed by atoms with Crippen molar-refractivity contribution >= 4 is 5.97 Å². The molecule has 3 heteroatoms. The normalized spacial score (nSPS) is 32.7. The minimum atomic E-state index is -0.681. The van der Waals surface area contributed by atoms with Gasteiger partial charge in [0, 0.05) is 5.92 Å². The van der Waals surface area contributed by atoms with E-state index in [9.17, 15) is 9.90 Å². The zero-order valence-corrected chi connectivity index (χ0v) is 10.2. The maximum absolute atomic E-state index is 11.5. The van der Waals surface area contributed by atoms with Crippen molar-refractivity contribution in [3.05, 3.63) is 42.0 Å². The number of rotatable bonds is 3. The molecule has 2 aliphatic carbocycles. The molecular formula is C15H16O3. The number of carbonyl (C=O) groups is 1. The van der Waals surface area contributed by atoms with Crippen LogP contribution >= 0.6 is 0 Å². The van der Waals surface area contributed by atoms with Gasteiger partial charge in [-0.05, 0) is 36.0 Å². The first-order chi connectivity index (χ1) is 8.70. The maximum atomic E-state index is 11.5. The van der Waals surface area contributed by atoms with Gasteiger partial charge in [-0.2, -0.15) is 0 Å². The van der Waals surface area contributed by atoms with E-state index in [4.69, 9.17) is 4.74 Å². The summed E-state index contributed by atoms with van der Waals surface area (Å²) in [5.41, 5.74) is 1.08. The van der Waals surface area contributed by atoms with Gasteiger partial charge in [0.25, 0.3) is 0 Å². The summed E-state index contributed by atoms with van der Waals surface area (Å²) in [5.74, 6) is 0.481. The lowest BCUT2D eigenvalue weighted by atomic mass is 9.78. The zero-order chi connectivity index (χ0) is 12.7. The van der Waals surface area contributed by atoms with Crippen LogP contribution in [0.2, 0.25) is 0 Å². The molecule has 2 bridgehead atoms. The first kappa shape index (κ1) is 11.3. The Morgan fingerprint density at radius 3 is 2.83 bits per heavy atom. The molecule has 4 unspecified atom stereocenters. The Morgan fingerprint density at radius 1 is 1.33 bits per heavy atom. The maximum Gasteiger partial charge on any atom is 0.307 e. The first-order valence-electron chi connectivity index (χ1n) is 6.26. The summed E-state index contributed by atoms with van der Waals surface area (Å²) < 4.78 is 5.22. The molecule has 0 aliphatic heterocycles. The number of benzene rings is 1. The summed E-state index contributed by atoms with van der Waals surface area (Å²) in [5, 5.41) is 9.43. The predicted octanol–water partition coefficient (Wildman–Crippen LogP) is 2.69. The second kappa shape index (κ2) is 4.16. The number of methoxy groups -OCH3 is 1. The first-order valence-corrected chi connectivity index (χ1v) is 6.26. The van der Waals surface area contributed by atoms with Gasteiger partial charge in [-0.3, -0.25) is 4.79 Å². The predicted molar refractivity (Wildman–Crippen MR) is 67.6 cm³/mol. The van der Waals surface area contributed by atoms with Crippen molar-refractivity contribution < 1.29 is 14.6 Å². The van der Waals surface area contributed by atoms with Gasteiger partial charge in [0.05, 0.1) is 13.0 Å². The minimum Gasteiger partial charge on any atom is -0.497 e. The molecule has 0 radical (unpaired) electrons. The van der Waals surface area contributed by atoms with E-state index in [1.165, 1.54) is 0 Å². The summed E-state index contributed by atoms with van der Waals surface area (Å²) >= 11 is 0. The van der Waals surface area contributed by atoms with Crippen LogP contribution in [0.5, 0.6) is 5.75 Å². The lowest BCUT2D eigenvalue weighted by Gasteiger charge is -2.25. The van der Waals surface area contributed by atoms with Crippen LogP contribution in [0.4, 0.5) is 0 Å². The van der Waals surface area contributed by atoms with Gasteiger partial charge in [0.15, 0.2) is 0 Å². The molecule has 3 rings (SSSR count). The summed E-state index contributed by atoms with van der Waals surface area (Å²) in [6.07, 6.45) is 5.22. The number of hydrogen-bond acceptors (Lipinski definition) is 2. The number of fused-ring (bicyclic) bond motifs is 2. The van der Waals surface area contributed by atoms with Gasteiger partial charge in [-0.25, -0.2) is 0 Å². The number of ether oxygens (including phenoxy) is 1.